The zero-order valence-corrected chi connectivity index (χ0v) is 13.7. The lowest BCUT2D eigenvalue weighted by molar-refractivity contribution is 0.0655. The zero-order chi connectivity index (χ0) is 15.0. The first kappa shape index (κ1) is 14.7. The molecule has 21 heavy (non-hydrogen) atoms. The minimum atomic E-state index is -0.584. The highest BCUT2D eigenvalue weighted by atomic mass is 79.9. The van der Waals surface area contributed by atoms with Crippen molar-refractivity contribution in [1.29, 1.82) is 0 Å². The highest BCUT2D eigenvalue weighted by Gasteiger charge is 2.29. The number of hydrogen-bond donors (Lipinski definition) is 1. The van der Waals surface area contributed by atoms with E-state index in [4.69, 9.17) is 21.1 Å². The first-order chi connectivity index (χ1) is 10.1. The van der Waals surface area contributed by atoms with Gasteiger partial charge in [0.1, 0.15) is 17.6 Å². The van der Waals surface area contributed by atoms with Crippen LogP contribution in [0.15, 0.2) is 40.9 Å². The Morgan fingerprint density at radius 2 is 2.05 bits per heavy atom. The van der Waals surface area contributed by atoms with Gasteiger partial charge in [-0.3, -0.25) is 0 Å². The Bertz CT molecular complexity index is 675. The summed E-state index contributed by atoms with van der Waals surface area (Å²) in [5.41, 5.74) is 1.64. The molecule has 0 aromatic heterocycles. The molecule has 3 rings (SSSR count). The van der Waals surface area contributed by atoms with E-state index >= 15 is 0 Å². The smallest absolute Gasteiger partial charge is 0.129 e. The van der Waals surface area contributed by atoms with Crippen LogP contribution in [0.3, 0.4) is 0 Å². The van der Waals surface area contributed by atoms with Crippen molar-refractivity contribution in [3.05, 3.63) is 57.0 Å². The lowest BCUT2D eigenvalue weighted by Crippen LogP contribution is -2.19. The number of hydrogen-bond acceptors (Lipinski definition) is 3. The molecule has 2 atom stereocenters. The van der Waals surface area contributed by atoms with Gasteiger partial charge in [0, 0.05) is 33.1 Å². The molecule has 0 fully saturated rings. The van der Waals surface area contributed by atoms with Crippen molar-refractivity contribution in [3.8, 4) is 11.5 Å². The van der Waals surface area contributed by atoms with Crippen LogP contribution in [-0.2, 0) is 0 Å². The summed E-state index contributed by atoms with van der Waals surface area (Å²) in [5.74, 6) is 1.33. The molecular formula is C16H14BrClO3. The molecule has 0 spiro atoms. The second kappa shape index (κ2) is 5.87. The van der Waals surface area contributed by atoms with Gasteiger partial charge in [-0.25, -0.2) is 0 Å². The molecule has 0 radical (unpaired) electrons. The van der Waals surface area contributed by atoms with Gasteiger partial charge in [-0.1, -0.05) is 27.5 Å². The van der Waals surface area contributed by atoms with Crippen molar-refractivity contribution in [1.82, 2.24) is 0 Å². The molecule has 1 unspecified atom stereocenters. The van der Waals surface area contributed by atoms with Crippen LogP contribution in [0.2, 0.25) is 5.02 Å². The van der Waals surface area contributed by atoms with Crippen molar-refractivity contribution in [2.24, 2.45) is 0 Å². The summed E-state index contributed by atoms with van der Waals surface area (Å²) in [5, 5.41) is 11.0. The van der Waals surface area contributed by atoms with Gasteiger partial charge < -0.3 is 14.6 Å². The van der Waals surface area contributed by atoms with Crippen LogP contribution in [0.4, 0.5) is 0 Å². The van der Waals surface area contributed by atoms with Gasteiger partial charge in [0.15, 0.2) is 0 Å². The van der Waals surface area contributed by atoms with E-state index in [0.717, 1.165) is 15.6 Å². The summed E-state index contributed by atoms with van der Waals surface area (Å²) in [6, 6.07) is 11.1. The summed E-state index contributed by atoms with van der Waals surface area (Å²) in [7, 11) is 1.60. The zero-order valence-electron chi connectivity index (χ0n) is 11.3. The molecule has 2 aromatic rings. The minimum absolute atomic E-state index is 0.287. The van der Waals surface area contributed by atoms with Crippen molar-refractivity contribution < 1.29 is 14.6 Å². The topological polar surface area (TPSA) is 38.7 Å². The average molecular weight is 370 g/mol. The van der Waals surface area contributed by atoms with E-state index in [2.05, 4.69) is 15.9 Å². The molecule has 110 valence electrons. The van der Waals surface area contributed by atoms with E-state index in [1.54, 1.807) is 13.2 Å². The SMILES string of the molecule is COc1ccc2c(c1)OC(c1cc(Br)ccc1Cl)C[C@@H]2O. The molecular weight excluding hydrogens is 356 g/mol. The Morgan fingerprint density at radius 1 is 1.24 bits per heavy atom. The maximum atomic E-state index is 10.3. The van der Waals surface area contributed by atoms with Gasteiger partial charge in [-0.15, -0.1) is 0 Å². The Hall–Kier alpha value is -1.23. The summed E-state index contributed by atoms with van der Waals surface area (Å²) < 4.78 is 12.2. The maximum Gasteiger partial charge on any atom is 0.129 e. The van der Waals surface area contributed by atoms with E-state index in [-0.39, 0.29) is 6.10 Å². The van der Waals surface area contributed by atoms with Crippen molar-refractivity contribution >= 4 is 27.5 Å². The lowest BCUT2D eigenvalue weighted by atomic mass is 9.95. The number of aliphatic hydroxyl groups excluding tert-OH is 1. The second-order valence-electron chi connectivity index (χ2n) is 4.93. The number of fused-ring (bicyclic) bond motifs is 1. The molecule has 5 heteroatoms. The fraction of sp³-hybridized carbons (Fsp3) is 0.250. The quantitative estimate of drug-likeness (QED) is 0.836. The fourth-order valence-corrected chi connectivity index (χ4v) is 3.12. The first-order valence-electron chi connectivity index (χ1n) is 6.56. The Labute approximate surface area is 136 Å². The van der Waals surface area contributed by atoms with E-state index in [0.29, 0.717) is 22.9 Å². The van der Waals surface area contributed by atoms with Crippen molar-refractivity contribution in [3.63, 3.8) is 0 Å². The summed E-state index contributed by atoms with van der Waals surface area (Å²) >= 11 is 9.69. The second-order valence-corrected chi connectivity index (χ2v) is 6.25. The lowest BCUT2D eigenvalue weighted by Gasteiger charge is -2.30. The van der Waals surface area contributed by atoms with Crippen LogP contribution >= 0.6 is 27.5 Å². The first-order valence-corrected chi connectivity index (χ1v) is 7.73. The number of benzene rings is 2. The van der Waals surface area contributed by atoms with Crippen molar-refractivity contribution in [2.45, 2.75) is 18.6 Å². The molecule has 0 saturated heterocycles. The molecule has 1 heterocycles. The molecule has 1 aliphatic rings. The number of rotatable bonds is 2. The summed E-state index contributed by atoms with van der Waals surface area (Å²) in [6.45, 7) is 0. The van der Waals surface area contributed by atoms with Gasteiger partial charge in [0.2, 0.25) is 0 Å². The normalized spacial score (nSPS) is 20.6. The number of ether oxygens (including phenoxy) is 2. The van der Waals surface area contributed by atoms with Crippen LogP contribution in [0.1, 0.15) is 29.8 Å². The Morgan fingerprint density at radius 3 is 2.81 bits per heavy atom. The van der Waals surface area contributed by atoms with E-state index in [1.165, 1.54) is 0 Å². The predicted molar refractivity (Wildman–Crippen MR) is 85.1 cm³/mol. The van der Waals surface area contributed by atoms with Gasteiger partial charge in [-0.05, 0) is 30.3 Å². The van der Waals surface area contributed by atoms with Crippen molar-refractivity contribution in [2.75, 3.05) is 7.11 Å². The summed E-state index contributed by atoms with van der Waals surface area (Å²) in [4.78, 5) is 0. The van der Waals surface area contributed by atoms with Crippen LogP contribution in [-0.4, -0.2) is 12.2 Å². The Kier molecular flexibility index (Phi) is 4.11. The highest BCUT2D eigenvalue weighted by molar-refractivity contribution is 9.10. The third kappa shape index (κ3) is 2.89. The third-order valence-corrected chi connectivity index (χ3v) is 4.43. The van der Waals surface area contributed by atoms with Gasteiger partial charge in [0.25, 0.3) is 0 Å². The van der Waals surface area contributed by atoms with Crippen LogP contribution in [0.5, 0.6) is 11.5 Å². The highest BCUT2D eigenvalue weighted by Crippen LogP contribution is 2.44. The average Bonchev–Trinajstić information content (AvgIpc) is 2.49. The molecule has 0 amide bonds. The van der Waals surface area contributed by atoms with Crippen LogP contribution in [0, 0.1) is 0 Å². The van der Waals surface area contributed by atoms with Gasteiger partial charge in [0.05, 0.1) is 13.2 Å². The molecule has 1 aliphatic heterocycles. The Balaban J connectivity index is 1.98. The molecule has 0 saturated carbocycles. The van der Waals surface area contributed by atoms with Gasteiger partial charge in [-0.2, -0.15) is 0 Å². The van der Waals surface area contributed by atoms with Crippen LogP contribution < -0.4 is 9.47 Å². The largest absolute Gasteiger partial charge is 0.497 e. The fourth-order valence-electron chi connectivity index (χ4n) is 2.50. The van der Waals surface area contributed by atoms with E-state index < -0.39 is 6.10 Å². The van der Waals surface area contributed by atoms with E-state index in [9.17, 15) is 5.11 Å². The van der Waals surface area contributed by atoms with Crippen LogP contribution in [0.25, 0.3) is 0 Å². The minimum Gasteiger partial charge on any atom is -0.497 e. The third-order valence-electron chi connectivity index (χ3n) is 3.59. The number of methoxy groups -OCH3 is 1. The monoisotopic (exact) mass is 368 g/mol. The molecule has 3 nitrogen and oxygen atoms in total. The standard InChI is InChI=1S/C16H14BrClO3/c1-20-10-3-4-11-14(19)8-16(21-15(11)7-10)12-6-9(17)2-5-13(12)18/h2-7,14,16,19H,8H2,1H3/t14-,16?/m0/s1. The maximum absolute atomic E-state index is 10.3. The predicted octanol–water partition coefficient (Wildman–Crippen LogP) is 4.67. The van der Waals surface area contributed by atoms with Gasteiger partial charge >= 0.3 is 0 Å². The number of halogens is 2. The number of aliphatic hydroxyl groups is 1. The molecule has 0 aliphatic carbocycles. The summed E-state index contributed by atoms with van der Waals surface area (Å²) in [6.07, 6.45) is -0.403. The molecule has 1 N–H and O–H groups in total. The van der Waals surface area contributed by atoms with E-state index in [1.807, 2.05) is 30.3 Å². The molecule has 2 aromatic carbocycles. The molecule has 0 bridgehead atoms.